The van der Waals surface area contributed by atoms with E-state index in [1.165, 1.54) is 0 Å². The molecule has 1 N–H and O–H groups in total. The van der Waals surface area contributed by atoms with E-state index >= 15 is 0 Å². The van der Waals surface area contributed by atoms with Gasteiger partial charge in [-0.25, -0.2) is 0 Å². The summed E-state index contributed by atoms with van der Waals surface area (Å²) >= 11 is 0. The average Bonchev–Trinajstić information content (AvgIpc) is 2.36. The lowest BCUT2D eigenvalue weighted by atomic mass is 9.97. The van der Waals surface area contributed by atoms with Gasteiger partial charge in [0.2, 0.25) is 0 Å². The molecule has 0 aliphatic carbocycles. The van der Waals surface area contributed by atoms with Gasteiger partial charge in [-0.1, -0.05) is 45.0 Å². The van der Waals surface area contributed by atoms with Crippen molar-refractivity contribution in [3.8, 4) is 0 Å². The molecule has 0 aliphatic rings. The Bertz CT molecular complexity index is 462. The summed E-state index contributed by atoms with van der Waals surface area (Å²) in [5.41, 5.74) is 2.04. The quantitative estimate of drug-likeness (QED) is 0.746. The summed E-state index contributed by atoms with van der Waals surface area (Å²) < 4.78 is 5.20. The van der Waals surface area contributed by atoms with Crippen LogP contribution in [0.5, 0.6) is 0 Å². The number of carbonyl (C=O) groups is 2. The topological polar surface area (TPSA) is 63.6 Å². The summed E-state index contributed by atoms with van der Waals surface area (Å²) in [6.07, 6.45) is 1.35. The number of ether oxygens (including phenoxy) is 1. The van der Waals surface area contributed by atoms with Crippen LogP contribution in [-0.4, -0.2) is 17.0 Å². The zero-order valence-electron chi connectivity index (χ0n) is 13.0. The number of aliphatic carboxylic acids is 1. The fourth-order valence-corrected chi connectivity index (χ4v) is 2.10. The Morgan fingerprint density at radius 2 is 1.62 bits per heavy atom. The van der Waals surface area contributed by atoms with E-state index in [9.17, 15) is 9.59 Å². The van der Waals surface area contributed by atoms with Crippen molar-refractivity contribution in [1.29, 1.82) is 0 Å². The zero-order valence-corrected chi connectivity index (χ0v) is 13.0. The van der Waals surface area contributed by atoms with Crippen LogP contribution < -0.4 is 0 Å². The maximum absolute atomic E-state index is 11.5. The fourth-order valence-electron chi connectivity index (χ4n) is 2.10. The van der Waals surface area contributed by atoms with Crippen molar-refractivity contribution in [2.45, 2.75) is 46.6 Å². The summed E-state index contributed by atoms with van der Waals surface area (Å²) in [6.45, 7) is 6.18. The monoisotopic (exact) mass is 292 g/mol. The highest BCUT2D eigenvalue weighted by molar-refractivity contribution is 5.69. The highest BCUT2D eigenvalue weighted by Crippen LogP contribution is 2.14. The number of esters is 1. The third kappa shape index (κ3) is 7.49. The van der Waals surface area contributed by atoms with Gasteiger partial charge in [0, 0.05) is 12.8 Å². The van der Waals surface area contributed by atoms with Gasteiger partial charge >= 0.3 is 11.9 Å². The molecule has 21 heavy (non-hydrogen) atoms. The maximum Gasteiger partial charge on any atom is 0.306 e. The first-order chi connectivity index (χ1) is 9.86. The molecular weight excluding hydrogens is 268 g/mol. The highest BCUT2D eigenvalue weighted by atomic mass is 16.5. The van der Waals surface area contributed by atoms with Gasteiger partial charge in [-0.2, -0.15) is 0 Å². The molecular formula is C17H24O4. The van der Waals surface area contributed by atoms with Crippen LogP contribution in [0.15, 0.2) is 24.3 Å². The molecule has 1 rings (SSSR count). The largest absolute Gasteiger partial charge is 0.481 e. The molecule has 4 heteroatoms. The lowest BCUT2D eigenvalue weighted by molar-refractivity contribution is -0.145. The minimum absolute atomic E-state index is 0.109. The predicted octanol–water partition coefficient (Wildman–Crippen LogP) is 3.43. The van der Waals surface area contributed by atoms with Crippen LogP contribution in [0.1, 0.15) is 44.7 Å². The molecule has 116 valence electrons. The molecule has 1 aromatic rings. The highest BCUT2D eigenvalue weighted by Gasteiger charge is 2.09. The minimum Gasteiger partial charge on any atom is -0.481 e. The Labute approximate surface area is 126 Å². The van der Waals surface area contributed by atoms with Gasteiger partial charge in [-0.05, 0) is 29.4 Å². The molecule has 0 aliphatic heterocycles. The second-order valence-electron chi connectivity index (χ2n) is 5.98. The van der Waals surface area contributed by atoms with Gasteiger partial charge < -0.3 is 9.84 Å². The number of carboxylic acid groups (broad SMARTS) is 1. The molecule has 1 aromatic carbocycles. The van der Waals surface area contributed by atoms with E-state index in [1.54, 1.807) is 0 Å². The number of carbonyl (C=O) groups excluding carboxylic acids is 1. The molecule has 4 nitrogen and oxygen atoms in total. The fraction of sp³-hybridized carbons (Fsp3) is 0.529. The van der Waals surface area contributed by atoms with Crippen molar-refractivity contribution in [2.75, 3.05) is 0 Å². The van der Waals surface area contributed by atoms with Gasteiger partial charge in [-0.3, -0.25) is 9.59 Å². The van der Waals surface area contributed by atoms with E-state index in [2.05, 4.69) is 0 Å². The lowest BCUT2D eigenvalue weighted by Crippen LogP contribution is -2.08. The first-order valence-electron chi connectivity index (χ1n) is 7.32. The number of hydrogen-bond donors (Lipinski definition) is 1. The number of carboxylic acids is 1. The van der Waals surface area contributed by atoms with Crippen molar-refractivity contribution < 1.29 is 19.4 Å². The van der Waals surface area contributed by atoms with Crippen molar-refractivity contribution in [1.82, 2.24) is 0 Å². The van der Waals surface area contributed by atoms with Gasteiger partial charge in [0.05, 0.1) is 0 Å². The summed E-state index contributed by atoms with van der Waals surface area (Å²) in [6, 6.07) is 7.77. The maximum atomic E-state index is 11.5. The molecule has 0 saturated heterocycles. The van der Waals surface area contributed by atoms with Gasteiger partial charge in [0.25, 0.3) is 0 Å². The molecule has 0 aromatic heterocycles. The van der Waals surface area contributed by atoms with Crippen LogP contribution in [0.4, 0.5) is 0 Å². The first kappa shape index (κ1) is 17.2. The molecule has 0 heterocycles. The summed E-state index contributed by atoms with van der Waals surface area (Å²) in [4.78, 5) is 22.1. The van der Waals surface area contributed by atoms with E-state index in [-0.39, 0.29) is 24.9 Å². The van der Waals surface area contributed by atoms with Crippen molar-refractivity contribution in [3.63, 3.8) is 0 Å². The van der Waals surface area contributed by atoms with Crippen molar-refractivity contribution in [2.24, 2.45) is 11.8 Å². The molecule has 1 unspecified atom stereocenters. The Morgan fingerprint density at radius 1 is 1.05 bits per heavy atom. The third-order valence-electron chi connectivity index (χ3n) is 3.10. The SMILES string of the molecule is CC(C)CC(=O)OCc1ccc(CC(C)CC(=O)O)cc1. The van der Waals surface area contributed by atoms with Gasteiger partial charge in [0.1, 0.15) is 6.61 Å². The van der Waals surface area contributed by atoms with Gasteiger partial charge in [0.15, 0.2) is 0 Å². The first-order valence-corrected chi connectivity index (χ1v) is 7.32. The minimum atomic E-state index is -0.767. The smallest absolute Gasteiger partial charge is 0.306 e. The second kappa shape index (κ2) is 8.45. The van der Waals surface area contributed by atoms with E-state index in [0.29, 0.717) is 12.3 Å². The molecule has 0 saturated carbocycles. The average molecular weight is 292 g/mol. The predicted molar refractivity (Wildman–Crippen MR) is 80.8 cm³/mol. The number of hydrogen-bond acceptors (Lipinski definition) is 3. The van der Waals surface area contributed by atoms with Gasteiger partial charge in [-0.15, -0.1) is 0 Å². The van der Waals surface area contributed by atoms with Crippen LogP contribution in [0.25, 0.3) is 0 Å². The van der Waals surface area contributed by atoms with Crippen LogP contribution in [-0.2, 0) is 27.4 Å². The molecule has 0 spiro atoms. The molecule has 1 atom stereocenters. The van der Waals surface area contributed by atoms with Crippen molar-refractivity contribution >= 4 is 11.9 Å². The normalized spacial score (nSPS) is 12.2. The third-order valence-corrected chi connectivity index (χ3v) is 3.10. The Hall–Kier alpha value is -1.84. The molecule has 0 radical (unpaired) electrons. The van der Waals surface area contributed by atoms with Crippen molar-refractivity contribution in [3.05, 3.63) is 35.4 Å². The van der Waals surface area contributed by atoms with E-state index in [4.69, 9.17) is 9.84 Å². The second-order valence-corrected chi connectivity index (χ2v) is 5.98. The number of rotatable bonds is 8. The summed E-state index contributed by atoms with van der Waals surface area (Å²) in [5, 5.41) is 8.74. The Balaban J connectivity index is 2.43. The summed E-state index contributed by atoms with van der Waals surface area (Å²) in [5.74, 6) is -0.534. The Kier molecular flexibility index (Phi) is 6.92. The van der Waals surface area contributed by atoms with E-state index in [1.807, 2.05) is 45.0 Å². The van der Waals surface area contributed by atoms with Crippen LogP contribution in [0.2, 0.25) is 0 Å². The van der Waals surface area contributed by atoms with Crippen LogP contribution in [0.3, 0.4) is 0 Å². The standard InChI is InChI=1S/C17H24O4/c1-12(2)8-17(20)21-11-15-6-4-14(5-7-15)9-13(3)10-16(18)19/h4-7,12-13H,8-11H2,1-3H3,(H,18,19). The van der Waals surface area contributed by atoms with Crippen LogP contribution >= 0.6 is 0 Å². The lowest BCUT2D eigenvalue weighted by Gasteiger charge is -2.10. The Morgan fingerprint density at radius 3 is 2.14 bits per heavy atom. The number of benzene rings is 1. The van der Waals surface area contributed by atoms with E-state index < -0.39 is 5.97 Å². The van der Waals surface area contributed by atoms with Crippen LogP contribution in [0, 0.1) is 11.8 Å². The molecule has 0 fully saturated rings. The molecule has 0 bridgehead atoms. The molecule has 0 amide bonds. The zero-order chi connectivity index (χ0) is 15.8. The van der Waals surface area contributed by atoms with E-state index in [0.717, 1.165) is 17.5 Å². The summed E-state index contributed by atoms with van der Waals surface area (Å²) in [7, 11) is 0.